The molecule has 1 aliphatic rings. The fourth-order valence-corrected chi connectivity index (χ4v) is 3.92. The monoisotopic (exact) mass is 423 g/mol. The molecule has 10 nitrogen and oxygen atoms in total. The summed E-state index contributed by atoms with van der Waals surface area (Å²) in [6, 6.07) is 6.12. The number of amides is 4. The SMILES string of the molecule is CC(=NNC(N)=O)c1cccc2cc(C(=O)N[C@H]3CCCC[C@H]3C(=O)N(C)C#N)[nH]c12. The van der Waals surface area contributed by atoms with Crippen LogP contribution in [-0.2, 0) is 4.79 Å². The van der Waals surface area contributed by atoms with Gasteiger partial charge in [-0.05, 0) is 25.8 Å². The molecule has 1 aromatic carbocycles. The lowest BCUT2D eigenvalue weighted by atomic mass is 9.83. The summed E-state index contributed by atoms with van der Waals surface area (Å²) in [5, 5.41) is 16.7. The fraction of sp³-hybridized carbons (Fsp3) is 0.381. The van der Waals surface area contributed by atoms with Crippen molar-refractivity contribution in [2.75, 3.05) is 7.05 Å². The molecule has 0 radical (unpaired) electrons. The summed E-state index contributed by atoms with van der Waals surface area (Å²) < 4.78 is 0. The number of rotatable bonds is 5. The van der Waals surface area contributed by atoms with Crippen LogP contribution in [0.1, 0.15) is 48.7 Å². The molecule has 1 aromatic heterocycles. The number of carbonyl (C=O) groups is 3. The Bertz CT molecular complexity index is 1080. The number of fused-ring (bicyclic) bond motifs is 1. The number of nitriles is 1. The van der Waals surface area contributed by atoms with Gasteiger partial charge in [-0.3, -0.25) is 14.5 Å². The quantitative estimate of drug-likeness (QED) is 0.250. The van der Waals surface area contributed by atoms with Crippen molar-refractivity contribution in [2.24, 2.45) is 16.8 Å². The Labute approximate surface area is 179 Å². The smallest absolute Gasteiger partial charge is 0.332 e. The third-order valence-corrected chi connectivity index (χ3v) is 5.50. The van der Waals surface area contributed by atoms with Gasteiger partial charge in [0.25, 0.3) is 5.91 Å². The maximum absolute atomic E-state index is 13.0. The Hall–Kier alpha value is -3.87. The van der Waals surface area contributed by atoms with Crippen molar-refractivity contribution in [1.82, 2.24) is 20.6 Å². The van der Waals surface area contributed by atoms with E-state index >= 15 is 0 Å². The molecule has 0 saturated heterocycles. The minimum absolute atomic E-state index is 0.278. The second-order valence-electron chi connectivity index (χ2n) is 7.59. The number of aromatic nitrogens is 1. The van der Waals surface area contributed by atoms with Crippen LogP contribution in [0.4, 0.5) is 4.79 Å². The van der Waals surface area contributed by atoms with Crippen molar-refractivity contribution in [1.29, 1.82) is 5.26 Å². The number of hydrogen-bond acceptors (Lipinski definition) is 5. The molecule has 2 atom stereocenters. The molecule has 2 aromatic rings. The third kappa shape index (κ3) is 4.83. The van der Waals surface area contributed by atoms with E-state index in [9.17, 15) is 14.4 Å². The Morgan fingerprint density at radius 1 is 1.29 bits per heavy atom. The number of nitrogens with one attached hydrogen (secondary N) is 3. The van der Waals surface area contributed by atoms with Crippen molar-refractivity contribution in [3.63, 3.8) is 0 Å². The molecule has 0 unspecified atom stereocenters. The molecule has 0 spiro atoms. The van der Waals surface area contributed by atoms with Crippen molar-refractivity contribution < 1.29 is 14.4 Å². The number of para-hydroxylation sites is 1. The summed E-state index contributed by atoms with van der Waals surface area (Å²) in [4.78, 5) is 40.5. The molecule has 162 valence electrons. The van der Waals surface area contributed by atoms with Gasteiger partial charge < -0.3 is 16.0 Å². The minimum Gasteiger partial charge on any atom is -0.350 e. The third-order valence-electron chi connectivity index (χ3n) is 5.50. The topological polar surface area (TPSA) is 156 Å². The number of benzene rings is 1. The zero-order chi connectivity index (χ0) is 22.5. The maximum atomic E-state index is 13.0. The number of aromatic amines is 1. The van der Waals surface area contributed by atoms with Crippen LogP contribution in [0.5, 0.6) is 0 Å². The van der Waals surface area contributed by atoms with Gasteiger partial charge in [0.05, 0.1) is 17.1 Å². The highest BCUT2D eigenvalue weighted by Crippen LogP contribution is 2.27. The van der Waals surface area contributed by atoms with Crippen LogP contribution < -0.4 is 16.5 Å². The Morgan fingerprint density at radius 2 is 2.03 bits per heavy atom. The first-order valence-electron chi connectivity index (χ1n) is 10.0. The highest BCUT2D eigenvalue weighted by atomic mass is 16.2. The van der Waals surface area contributed by atoms with Crippen LogP contribution in [0.2, 0.25) is 0 Å². The fourth-order valence-electron chi connectivity index (χ4n) is 3.92. The first-order chi connectivity index (χ1) is 14.8. The van der Waals surface area contributed by atoms with E-state index in [4.69, 9.17) is 11.0 Å². The predicted molar refractivity (Wildman–Crippen MR) is 115 cm³/mol. The van der Waals surface area contributed by atoms with Gasteiger partial charge in [-0.15, -0.1) is 0 Å². The van der Waals surface area contributed by atoms with E-state index in [1.807, 2.05) is 24.4 Å². The summed E-state index contributed by atoms with van der Waals surface area (Å²) >= 11 is 0. The molecule has 5 N–H and O–H groups in total. The van der Waals surface area contributed by atoms with Crippen LogP contribution in [0.15, 0.2) is 29.4 Å². The van der Waals surface area contributed by atoms with E-state index in [0.29, 0.717) is 35.3 Å². The average molecular weight is 423 g/mol. The van der Waals surface area contributed by atoms with Gasteiger partial charge in [0.15, 0.2) is 6.19 Å². The normalized spacial score (nSPS) is 18.8. The minimum atomic E-state index is -0.767. The van der Waals surface area contributed by atoms with Crippen molar-refractivity contribution in [2.45, 2.75) is 38.6 Å². The summed E-state index contributed by atoms with van der Waals surface area (Å²) in [6.45, 7) is 1.72. The lowest BCUT2D eigenvalue weighted by Crippen LogP contribution is -2.48. The molecule has 10 heteroatoms. The Balaban J connectivity index is 1.83. The van der Waals surface area contributed by atoms with E-state index in [1.165, 1.54) is 7.05 Å². The predicted octanol–water partition coefficient (Wildman–Crippen LogP) is 1.79. The van der Waals surface area contributed by atoms with Crippen molar-refractivity contribution >= 4 is 34.5 Å². The van der Waals surface area contributed by atoms with Gasteiger partial charge in [-0.1, -0.05) is 31.0 Å². The molecular weight excluding hydrogens is 398 g/mol. The van der Waals surface area contributed by atoms with Crippen LogP contribution in [0.3, 0.4) is 0 Å². The van der Waals surface area contributed by atoms with Crippen LogP contribution in [0.25, 0.3) is 10.9 Å². The summed E-state index contributed by atoms with van der Waals surface area (Å²) in [5.41, 5.74) is 9.54. The first kappa shape index (κ1) is 21.8. The summed E-state index contributed by atoms with van der Waals surface area (Å²) in [6.07, 6.45) is 4.94. The molecule has 1 aliphatic carbocycles. The first-order valence-corrected chi connectivity index (χ1v) is 10.0. The Kier molecular flexibility index (Phi) is 6.55. The second kappa shape index (κ2) is 9.30. The number of hydrogen-bond donors (Lipinski definition) is 4. The number of carbonyl (C=O) groups excluding carboxylic acids is 3. The zero-order valence-corrected chi connectivity index (χ0v) is 17.4. The van der Waals surface area contributed by atoms with Crippen LogP contribution in [-0.4, -0.2) is 46.5 Å². The largest absolute Gasteiger partial charge is 0.350 e. The highest BCUT2D eigenvalue weighted by molar-refractivity contribution is 6.10. The van der Waals surface area contributed by atoms with Crippen LogP contribution >= 0.6 is 0 Å². The molecule has 31 heavy (non-hydrogen) atoms. The molecule has 3 rings (SSSR count). The van der Waals surface area contributed by atoms with E-state index in [-0.39, 0.29) is 17.9 Å². The molecule has 1 fully saturated rings. The molecular formula is C21H25N7O3. The van der Waals surface area contributed by atoms with E-state index in [2.05, 4.69) is 20.8 Å². The van der Waals surface area contributed by atoms with Gasteiger partial charge in [-0.2, -0.15) is 10.4 Å². The standard InChI is InChI=1S/C21H25N7O3/c1-12(26-27-21(23)31)14-8-5-6-13-10-17(24-18(13)14)19(29)25-16-9-4-3-7-15(16)20(30)28(2)11-22/h5-6,8,10,15-16,24H,3-4,7,9H2,1-2H3,(H,25,29)(H3,23,27,31)/t15-,16+/m1/s1. The molecule has 1 heterocycles. The lowest BCUT2D eigenvalue weighted by Gasteiger charge is -2.31. The number of nitrogens with zero attached hydrogens (tertiary/aromatic N) is 3. The second-order valence-corrected chi connectivity index (χ2v) is 7.59. The molecule has 0 aliphatic heterocycles. The van der Waals surface area contributed by atoms with E-state index < -0.39 is 11.9 Å². The van der Waals surface area contributed by atoms with Crippen molar-refractivity contribution in [3.05, 3.63) is 35.5 Å². The molecule has 4 amide bonds. The lowest BCUT2D eigenvalue weighted by molar-refractivity contribution is -0.133. The molecule has 1 saturated carbocycles. The van der Waals surface area contributed by atoms with Gasteiger partial charge in [0, 0.05) is 24.0 Å². The number of H-pyrrole nitrogens is 1. The van der Waals surface area contributed by atoms with Gasteiger partial charge in [0.2, 0.25) is 5.91 Å². The van der Waals surface area contributed by atoms with Gasteiger partial charge in [0.1, 0.15) is 5.69 Å². The number of urea groups is 1. The number of primary amides is 1. The zero-order valence-electron chi connectivity index (χ0n) is 17.4. The average Bonchev–Trinajstić information content (AvgIpc) is 3.21. The number of hydrazone groups is 1. The highest BCUT2D eigenvalue weighted by Gasteiger charge is 2.34. The van der Waals surface area contributed by atoms with E-state index in [1.54, 1.807) is 13.0 Å². The van der Waals surface area contributed by atoms with Gasteiger partial charge >= 0.3 is 6.03 Å². The molecule has 0 bridgehead atoms. The summed E-state index contributed by atoms with van der Waals surface area (Å²) in [7, 11) is 1.44. The van der Waals surface area contributed by atoms with Crippen LogP contribution in [0, 0.1) is 17.4 Å². The van der Waals surface area contributed by atoms with E-state index in [0.717, 1.165) is 23.1 Å². The van der Waals surface area contributed by atoms with Gasteiger partial charge in [-0.25, -0.2) is 10.2 Å². The Morgan fingerprint density at radius 3 is 2.74 bits per heavy atom. The number of nitrogens with two attached hydrogens (primary N) is 1. The van der Waals surface area contributed by atoms with Crippen molar-refractivity contribution in [3.8, 4) is 6.19 Å². The maximum Gasteiger partial charge on any atom is 0.332 e. The summed E-state index contributed by atoms with van der Waals surface area (Å²) in [5.74, 6) is -1.02.